The standard InChI is InChI=1S/C16H16N4/c17-16(18)10-15(12-6-2-1-3-7-12)20-14-9-5-4-8-13(14)11-19-20/h1-9,11,15H,10H2,(H3,17,18). The number of nitrogens with two attached hydrogens (primary N) is 1. The zero-order chi connectivity index (χ0) is 13.9. The van der Waals surface area contributed by atoms with E-state index in [9.17, 15) is 0 Å². The van der Waals surface area contributed by atoms with Gasteiger partial charge in [-0.2, -0.15) is 5.10 Å². The fourth-order valence-corrected chi connectivity index (χ4v) is 2.47. The third-order valence-corrected chi connectivity index (χ3v) is 3.40. The summed E-state index contributed by atoms with van der Waals surface area (Å²) in [6.07, 6.45) is 2.31. The van der Waals surface area contributed by atoms with Gasteiger partial charge in [-0.15, -0.1) is 0 Å². The lowest BCUT2D eigenvalue weighted by atomic mass is 10.0. The maximum Gasteiger partial charge on any atom is 0.0930 e. The van der Waals surface area contributed by atoms with E-state index >= 15 is 0 Å². The number of hydrogen-bond acceptors (Lipinski definition) is 2. The van der Waals surface area contributed by atoms with Crippen LogP contribution in [0.3, 0.4) is 0 Å². The number of rotatable bonds is 4. The fourth-order valence-electron chi connectivity index (χ4n) is 2.47. The van der Waals surface area contributed by atoms with E-state index in [0.717, 1.165) is 16.5 Å². The Labute approximate surface area is 117 Å². The molecular formula is C16H16N4. The summed E-state index contributed by atoms with van der Waals surface area (Å²) in [5.74, 6) is 0.165. The molecule has 4 heteroatoms. The smallest absolute Gasteiger partial charge is 0.0930 e. The highest BCUT2D eigenvalue weighted by atomic mass is 15.3. The first-order valence-corrected chi connectivity index (χ1v) is 6.56. The molecule has 0 spiro atoms. The molecule has 20 heavy (non-hydrogen) atoms. The summed E-state index contributed by atoms with van der Waals surface area (Å²) in [5, 5.41) is 13.2. The summed E-state index contributed by atoms with van der Waals surface area (Å²) in [6.45, 7) is 0. The van der Waals surface area contributed by atoms with Crippen LogP contribution in [-0.4, -0.2) is 15.6 Å². The van der Waals surface area contributed by atoms with Gasteiger partial charge in [0.25, 0.3) is 0 Å². The molecule has 0 fully saturated rings. The summed E-state index contributed by atoms with van der Waals surface area (Å²) >= 11 is 0. The number of amidine groups is 1. The van der Waals surface area contributed by atoms with Gasteiger partial charge in [0.1, 0.15) is 0 Å². The molecule has 1 aromatic heterocycles. The molecule has 0 aliphatic carbocycles. The third-order valence-electron chi connectivity index (χ3n) is 3.40. The van der Waals surface area contributed by atoms with Crippen molar-refractivity contribution in [2.24, 2.45) is 5.73 Å². The lowest BCUT2D eigenvalue weighted by molar-refractivity contribution is 0.554. The first-order chi connectivity index (χ1) is 9.75. The van der Waals surface area contributed by atoms with Crippen molar-refractivity contribution in [1.29, 1.82) is 5.41 Å². The second kappa shape index (κ2) is 5.17. The van der Waals surface area contributed by atoms with Crippen molar-refractivity contribution in [3.8, 4) is 0 Å². The Kier molecular flexibility index (Phi) is 3.21. The molecule has 0 radical (unpaired) electrons. The maximum atomic E-state index is 7.62. The highest BCUT2D eigenvalue weighted by Crippen LogP contribution is 2.25. The van der Waals surface area contributed by atoms with Crippen molar-refractivity contribution in [1.82, 2.24) is 9.78 Å². The number of nitrogens with one attached hydrogen (secondary N) is 1. The molecule has 0 saturated carbocycles. The van der Waals surface area contributed by atoms with Crippen LogP contribution in [0, 0.1) is 5.41 Å². The van der Waals surface area contributed by atoms with Crippen LogP contribution in [0.2, 0.25) is 0 Å². The number of hydrogen-bond donors (Lipinski definition) is 2. The molecule has 0 saturated heterocycles. The highest BCUT2D eigenvalue weighted by Gasteiger charge is 2.17. The van der Waals surface area contributed by atoms with Gasteiger partial charge in [-0.25, -0.2) is 0 Å². The van der Waals surface area contributed by atoms with Gasteiger partial charge < -0.3 is 5.73 Å². The minimum Gasteiger partial charge on any atom is -0.388 e. The first kappa shape index (κ1) is 12.4. The second-order valence-corrected chi connectivity index (χ2v) is 4.80. The van der Waals surface area contributed by atoms with Gasteiger partial charge in [-0.1, -0.05) is 48.5 Å². The summed E-state index contributed by atoms with van der Waals surface area (Å²) in [5.41, 5.74) is 7.79. The molecule has 3 aromatic rings. The molecular weight excluding hydrogens is 248 g/mol. The van der Waals surface area contributed by atoms with Crippen LogP contribution in [0.15, 0.2) is 60.8 Å². The molecule has 0 aliphatic rings. The van der Waals surface area contributed by atoms with Crippen molar-refractivity contribution in [2.75, 3.05) is 0 Å². The zero-order valence-electron chi connectivity index (χ0n) is 11.0. The molecule has 2 aromatic carbocycles. The number of fused-ring (bicyclic) bond motifs is 1. The third kappa shape index (κ3) is 2.28. The maximum absolute atomic E-state index is 7.62. The van der Waals surface area contributed by atoms with E-state index in [-0.39, 0.29) is 11.9 Å². The van der Waals surface area contributed by atoms with Crippen molar-refractivity contribution in [2.45, 2.75) is 12.5 Å². The normalized spacial score (nSPS) is 12.4. The van der Waals surface area contributed by atoms with E-state index in [1.54, 1.807) is 0 Å². The van der Waals surface area contributed by atoms with Crippen molar-refractivity contribution in [3.63, 3.8) is 0 Å². The van der Waals surface area contributed by atoms with Gasteiger partial charge in [0.2, 0.25) is 0 Å². The van der Waals surface area contributed by atoms with Gasteiger partial charge in [0.15, 0.2) is 0 Å². The highest BCUT2D eigenvalue weighted by molar-refractivity contribution is 5.80. The number of nitrogens with zero attached hydrogens (tertiary/aromatic N) is 2. The average Bonchev–Trinajstić information content (AvgIpc) is 2.89. The summed E-state index contributed by atoms with van der Waals surface area (Å²) in [6, 6.07) is 18.1. The van der Waals surface area contributed by atoms with Crippen LogP contribution in [-0.2, 0) is 0 Å². The molecule has 0 amide bonds. The molecule has 0 bridgehead atoms. The summed E-state index contributed by atoms with van der Waals surface area (Å²) in [7, 11) is 0. The SMILES string of the molecule is N=C(N)CC(c1ccccc1)n1ncc2ccccc21. The molecule has 100 valence electrons. The molecule has 4 nitrogen and oxygen atoms in total. The molecule has 1 unspecified atom stereocenters. The van der Waals surface area contributed by atoms with Crippen molar-refractivity contribution in [3.05, 3.63) is 66.4 Å². The minimum absolute atomic E-state index is 0.0476. The van der Waals surface area contributed by atoms with Crippen LogP contribution in [0.1, 0.15) is 18.0 Å². The van der Waals surface area contributed by atoms with E-state index in [1.165, 1.54) is 0 Å². The van der Waals surface area contributed by atoms with Crippen molar-refractivity contribution >= 4 is 16.7 Å². The Balaban J connectivity index is 2.12. The van der Waals surface area contributed by atoms with Gasteiger partial charge >= 0.3 is 0 Å². The van der Waals surface area contributed by atoms with E-state index < -0.39 is 0 Å². The van der Waals surface area contributed by atoms with Crippen LogP contribution >= 0.6 is 0 Å². The van der Waals surface area contributed by atoms with E-state index in [0.29, 0.717) is 6.42 Å². The van der Waals surface area contributed by atoms with Gasteiger partial charge in [-0.3, -0.25) is 10.1 Å². The van der Waals surface area contributed by atoms with Crippen LogP contribution in [0.5, 0.6) is 0 Å². The number of para-hydroxylation sites is 1. The second-order valence-electron chi connectivity index (χ2n) is 4.80. The molecule has 3 rings (SSSR count). The predicted octanol–water partition coefficient (Wildman–Crippen LogP) is 2.95. The Morgan fingerprint density at radius 3 is 2.55 bits per heavy atom. The fraction of sp³-hybridized carbons (Fsp3) is 0.125. The Morgan fingerprint density at radius 1 is 1.10 bits per heavy atom. The minimum atomic E-state index is -0.0476. The topological polar surface area (TPSA) is 67.7 Å². The molecule has 1 atom stereocenters. The first-order valence-electron chi connectivity index (χ1n) is 6.56. The predicted molar refractivity (Wildman–Crippen MR) is 80.8 cm³/mol. The monoisotopic (exact) mass is 264 g/mol. The van der Waals surface area contributed by atoms with E-state index in [2.05, 4.69) is 5.10 Å². The van der Waals surface area contributed by atoms with Crippen LogP contribution < -0.4 is 5.73 Å². The van der Waals surface area contributed by atoms with Crippen LogP contribution in [0.25, 0.3) is 10.9 Å². The van der Waals surface area contributed by atoms with Crippen LogP contribution in [0.4, 0.5) is 0 Å². The van der Waals surface area contributed by atoms with Gasteiger partial charge in [0.05, 0.1) is 23.6 Å². The molecule has 3 N–H and O–H groups in total. The summed E-state index contributed by atoms with van der Waals surface area (Å²) in [4.78, 5) is 0. The zero-order valence-corrected chi connectivity index (χ0v) is 11.0. The lowest BCUT2D eigenvalue weighted by Crippen LogP contribution is -2.20. The largest absolute Gasteiger partial charge is 0.388 e. The Bertz CT molecular complexity index is 730. The Morgan fingerprint density at radius 2 is 1.80 bits per heavy atom. The number of aromatic nitrogens is 2. The molecule has 1 heterocycles. The van der Waals surface area contributed by atoms with Gasteiger partial charge in [0, 0.05) is 11.8 Å². The number of benzene rings is 2. The molecule has 0 aliphatic heterocycles. The van der Waals surface area contributed by atoms with Crippen molar-refractivity contribution < 1.29 is 0 Å². The van der Waals surface area contributed by atoms with E-state index in [1.807, 2.05) is 65.5 Å². The van der Waals surface area contributed by atoms with Gasteiger partial charge in [-0.05, 0) is 11.6 Å². The Hall–Kier alpha value is -2.62. The lowest BCUT2D eigenvalue weighted by Gasteiger charge is -2.18. The average molecular weight is 264 g/mol. The summed E-state index contributed by atoms with van der Waals surface area (Å²) < 4.78 is 1.95. The van der Waals surface area contributed by atoms with E-state index in [4.69, 9.17) is 11.1 Å². The quantitative estimate of drug-likeness (QED) is 0.562.